The van der Waals surface area contributed by atoms with E-state index in [0.717, 1.165) is 17.7 Å². The predicted molar refractivity (Wildman–Crippen MR) is 117 cm³/mol. The molecule has 1 atom stereocenters. The summed E-state index contributed by atoms with van der Waals surface area (Å²) in [5.41, 5.74) is 2.14. The average molecular weight is 421 g/mol. The summed E-state index contributed by atoms with van der Waals surface area (Å²) in [5.74, 6) is -0.272. The second-order valence-electron chi connectivity index (χ2n) is 7.07. The largest absolute Gasteiger partial charge is 0.322 e. The number of hydrogen-bond acceptors (Lipinski definition) is 4. The van der Waals surface area contributed by atoms with E-state index in [4.69, 9.17) is 0 Å². The number of anilines is 1. The van der Waals surface area contributed by atoms with Crippen LogP contribution in [0.2, 0.25) is 0 Å². The number of sulfonamides is 1. The maximum Gasteiger partial charge on any atom is 0.255 e. The molecule has 0 aliphatic heterocycles. The molecule has 0 saturated heterocycles. The zero-order valence-corrected chi connectivity index (χ0v) is 18.6. The van der Waals surface area contributed by atoms with Crippen molar-refractivity contribution in [2.45, 2.75) is 62.1 Å². The standard InChI is InChI=1S/C21H28N2O3S2/c1-6-16(5)27-18-9-12-20(15(4)13-18)22-21(24)17-7-10-19(11-8-17)28(25,26)23-14(2)3/h7-14,16,23H,6H2,1-5H3,(H,22,24). The summed E-state index contributed by atoms with van der Waals surface area (Å²) in [6.45, 7) is 9.83. The van der Waals surface area contributed by atoms with Gasteiger partial charge in [0.2, 0.25) is 10.0 Å². The first-order valence-corrected chi connectivity index (χ1v) is 11.7. The van der Waals surface area contributed by atoms with Crippen molar-refractivity contribution in [1.82, 2.24) is 4.72 Å². The molecule has 28 heavy (non-hydrogen) atoms. The maximum atomic E-state index is 12.5. The van der Waals surface area contributed by atoms with E-state index in [1.807, 2.05) is 30.8 Å². The molecule has 0 saturated carbocycles. The zero-order chi connectivity index (χ0) is 20.9. The van der Waals surface area contributed by atoms with Gasteiger partial charge in [-0.15, -0.1) is 11.8 Å². The molecule has 0 heterocycles. The van der Waals surface area contributed by atoms with Crippen LogP contribution in [0.5, 0.6) is 0 Å². The Bertz CT molecular complexity index is 923. The fourth-order valence-electron chi connectivity index (χ4n) is 2.52. The van der Waals surface area contributed by atoms with Gasteiger partial charge >= 0.3 is 0 Å². The summed E-state index contributed by atoms with van der Waals surface area (Å²) in [4.78, 5) is 13.8. The van der Waals surface area contributed by atoms with Crippen molar-refractivity contribution >= 4 is 33.4 Å². The SMILES string of the molecule is CCC(C)Sc1ccc(NC(=O)c2ccc(S(=O)(=O)NC(C)C)cc2)c(C)c1. The van der Waals surface area contributed by atoms with E-state index in [9.17, 15) is 13.2 Å². The summed E-state index contributed by atoms with van der Waals surface area (Å²) < 4.78 is 26.9. The van der Waals surface area contributed by atoms with Crippen molar-refractivity contribution in [1.29, 1.82) is 0 Å². The molecular formula is C21H28N2O3S2. The first-order valence-electron chi connectivity index (χ1n) is 9.33. The lowest BCUT2D eigenvalue weighted by Gasteiger charge is -2.13. The second kappa shape index (κ2) is 9.58. The van der Waals surface area contributed by atoms with Crippen LogP contribution in [0.1, 0.15) is 50.0 Å². The summed E-state index contributed by atoms with van der Waals surface area (Å²) in [6, 6.07) is 11.7. The molecule has 0 bridgehead atoms. The molecule has 152 valence electrons. The molecule has 2 N–H and O–H groups in total. The molecule has 2 aromatic rings. The van der Waals surface area contributed by atoms with Crippen LogP contribution in [0.15, 0.2) is 52.3 Å². The smallest absolute Gasteiger partial charge is 0.255 e. The minimum atomic E-state index is -3.57. The normalized spacial score (nSPS) is 12.8. The summed E-state index contributed by atoms with van der Waals surface area (Å²) in [6.07, 6.45) is 1.10. The van der Waals surface area contributed by atoms with Crippen LogP contribution < -0.4 is 10.0 Å². The number of aryl methyl sites for hydroxylation is 1. The van der Waals surface area contributed by atoms with Crippen molar-refractivity contribution in [2.75, 3.05) is 5.32 Å². The Morgan fingerprint density at radius 2 is 1.71 bits per heavy atom. The molecule has 0 aromatic heterocycles. The number of carbonyl (C=O) groups is 1. The highest BCUT2D eigenvalue weighted by Crippen LogP contribution is 2.28. The van der Waals surface area contributed by atoms with Crippen molar-refractivity contribution in [3.8, 4) is 0 Å². The fraction of sp³-hybridized carbons (Fsp3) is 0.381. The molecule has 2 rings (SSSR count). The van der Waals surface area contributed by atoms with E-state index in [1.54, 1.807) is 13.8 Å². The molecule has 0 fully saturated rings. The Hall–Kier alpha value is -1.83. The highest BCUT2D eigenvalue weighted by molar-refractivity contribution is 7.99. The van der Waals surface area contributed by atoms with Crippen molar-refractivity contribution in [3.05, 3.63) is 53.6 Å². The van der Waals surface area contributed by atoms with Crippen LogP contribution in [-0.4, -0.2) is 25.6 Å². The Kier molecular flexibility index (Phi) is 7.69. The van der Waals surface area contributed by atoms with Crippen molar-refractivity contribution in [2.24, 2.45) is 0 Å². The number of amides is 1. The Morgan fingerprint density at radius 1 is 1.07 bits per heavy atom. The van der Waals surface area contributed by atoms with Gasteiger partial charge in [-0.2, -0.15) is 0 Å². The topological polar surface area (TPSA) is 75.3 Å². The van der Waals surface area contributed by atoms with Gasteiger partial charge in [0.15, 0.2) is 0 Å². The summed E-state index contributed by atoms with van der Waals surface area (Å²) >= 11 is 1.81. The quantitative estimate of drug-likeness (QED) is 0.600. The predicted octanol–water partition coefficient (Wildman–Crippen LogP) is 4.82. The molecule has 1 amide bonds. The summed E-state index contributed by atoms with van der Waals surface area (Å²) in [5, 5.41) is 3.44. The van der Waals surface area contributed by atoms with Crippen LogP contribution in [0.3, 0.4) is 0 Å². The highest BCUT2D eigenvalue weighted by Gasteiger charge is 2.16. The molecule has 1 unspecified atom stereocenters. The molecule has 0 spiro atoms. The minimum Gasteiger partial charge on any atom is -0.322 e. The van der Waals surface area contributed by atoms with E-state index in [-0.39, 0.29) is 16.8 Å². The Balaban J connectivity index is 2.11. The number of nitrogens with one attached hydrogen (secondary N) is 2. The van der Waals surface area contributed by atoms with Crippen LogP contribution in [-0.2, 0) is 10.0 Å². The number of carbonyl (C=O) groups excluding carboxylic acids is 1. The van der Waals surface area contributed by atoms with Crippen LogP contribution in [0.4, 0.5) is 5.69 Å². The van der Waals surface area contributed by atoms with Crippen LogP contribution >= 0.6 is 11.8 Å². The van der Waals surface area contributed by atoms with Gasteiger partial charge in [0, 0.05) is 27.4 Å². The third kappa shape index (κ3) is 6.09. The lowest BCUT2D eigenvalue weighted by Crippen LogP contribution is -2.30. The van der Waals surface area contributed by atoms with Crippen LogP contribution in [0, 0.1) is 6.92 Å². The first-order chi connectivity index (χ1) is 13.1. The number of thioether (sulfide) groups is 1. The number of rotatable bonds is 8. The highest BCUT2D eigenvalue weighted by atomic mass is 32.2. The lowest BCUT2D eigenvalue weighted by molar-refractivity contribution is 0.102. The molecule has 2 aromatic carbocycles. The van der Waals surface area contributed by atoms with E-state index in [0.29, 0.717) is 10.8 Å². The first kappa shape index (κ1) is 22.5. The molecular weight excluding hydrogens is 392 g/mol. The third-order valence-electron chi connectivity index (χ3n) is 4.18. The van der Waals surface area contributed by atoms with Crippen molar-refractivity contribution in [3.63, 3.8) is 0 Å². The molecule has 5 nitrogen and oxygen atoms in total. The van der Waals surface area contributed by atoms with E-state index in [2.05, 4.69) is 30.0 Å². The van der Waals surface area contributed by atoms with E-state index < -0.39 is 10.0 Å². The average Bonchev–Trinajstić information content (AvgIpc) is 2.63. The van der Waals surface area contributed by atoms with E-state index in [1.165, 1.54) is 29.2 Å². The molecule has 0 aliphatic rings. The minimum absolute atomic E-state index is 0.139. The fourth-order valence-corrected chi connectivity index (χ4v) is 4.80. The Morgan fingerprint density at radius 3 is 2.25 bits per heavy atom. The molecule has 0 radical (unpaired) electrons. The van der Waals surface area contributed by atoms with Gasteiger partial charge in [-0.1, -0.05) is 13.8 Å². The zero-order valence-electron chi connectivity index (χ0n) is 16.9. The lowest BCUT2D eigenvalue weighted by atomic mass is 10.1. The van der Waals surface area contributed by atoms with Gasteiger partial charge in [-0.25, -0.2) is 13.1 Å². The Labute approximate surface area is 172 Å². The number of benzene rings is 2. The molecule has 7 heteroatoms. The van der Waals surface area contributed by atoms with E-state index >= 15 is 0 Å². The van der Waals surface area contributed by atoms with Gasteiger partial charge in [0.25, 0.3) is 5.91 Å². The maximum absolute atomic E-state index is 12.5. The molecule has 0 aliphatic carbocycles. The van der Waals surface area contributed by atoms with Gasteiger partial charge in [-0.3, -0.25) is 4.79 Å². The summed E-state index contributed by atoms with van der Waals surface area (Å²) in [7, 11) is -3.57. The third-order valence-corrected chi connectivity index (χ3v) is 7.11. The second-order valence-corrected chi connectivity index (χ2v) is 10.3. The van der Waals surface area contributed by atoms with Gasteiger partial charge in [0.1, 0.15) is 0 Å². The van der Waals surface area contributed by atoms with Gasteiger partial charge < -0.3 is 5.32 Å². The van der Waals surface area contributed by atoms with Crippen molar-refractivity contribution < 1.29 is 13.2 Å². The van der Waals surface area contributed by atoms with Gasteiger partial charge in [-0.05, 0) is 75.2 Å². The van der Waals surface area contributed by atoms with Crippen LogP contribution in [0.25, 0.3) is 0 Å². The van der Waals surface area contributed by atoms with Gasteiger partial charge in [0.05, 0.1) is 4.90 Å². The monoisotopic (exact) mass is 420 g/mol. The number of hydrogen-bond donors (Lipinski definition) is 2.